The minimum absolute atomic E-state index is 0.179. The molecule has 2 rings (SSSR count). The number of benzene rings is 1. The second-order valence-corrected chi connectivity index (χ2v) is 6.22. The Morgan fingerprint density at radius 2 is 2.00 bits per heavy atom. The van der Waals surface area contributed by atoms with Gasteiger partial charge in [0.2, 0.25) is 0 Å². The highest BCUT2D eigenvalue weighted by atomic mass is 16.6. The third kappa shape index (κ3) is 4.57. The van der Waals surface area contributed by atoms with E-state index >= 15 is 0 Å². The number of esters is 1. The van der Waals surface area contributed by atoms with E-state index < -0.39 is 12.2 Å². The number of hydrogen-bond donors (Lipinski definition) is 1. The Hall–Kier alpha value is -1.35. The Labute approximate surface area is 127 Å². The van der Waals surface area contributed by atoms with Gasteiger partial charge in [-0.3, -0.25) is 4.79 Å². The van der Waals surface area contributed by atoms with Gasteiger partial charge in [-0.2, -0.15) is 0 Å². The topological polar surface area (TPSA) is 46.5 Å². The molecule has 0 saturated heterocycles. The Bertz CT molecular complexity index is 469. The molecule has 1 N–H and O–H groups in total. The largest absolute Gasteiger partial charge is 0.459 e. The zero-order valence-electron chi connectivity index (χ0n) is 13.0. The summed E-state index contributed by atoms with van der Waals surface area (Å²) >= 11 is 0. The standard InChI is InChI=1S/C18H26O3/c1-3-4-7-13(2)10-18(20)21-17-12-15-9-6-5-8-14(15)11-16(17)19/h5-6,8-9,13,16-17,19H,3-4,7,10-12H2,1-2H3/t13-,16-,17-/m1/s1. The zero-order chi connectivity index (χ0) is 15.2. The summed E-state index contributed by atoms with van der Waals surface area (Å²) in [6, 6.07) is 8.05. The van der Waals surface area contributed by atoms with Crippen molar-refractivity contribution in [3.05, 3.63) is 35.4 Å². The molecule has 3 heteroatoms. The second kappa shape index (κ2) is 7.60. The number of fused-ring (bicyclic) bond motifs is 1. The molecular weight excluding hydrogens is 264 g/mol. The van der Waals surface area contributed by atoms with Crippen LogP contribution in [0.25, 0.3) is 0 Å². The predicted octanol–water partition coefficient (Wildman–Crippen LogP) is 3.27. The van der Waals surface area contributed by atoms with Gasteiger partial charge in [-0.25, -0.2) is 0 Å². The first kappa shape index (κ1) is 16.0. The maximum Gasteiger partial charge on any atom is 0.306 e. The molecular formula is C18H26O3. The summed E-state index contributed by atoms with van der Waals surface area (Å²) in [7, 11) is 0. The van der Waals surface area contributed by atoms with E-state index in [4.69, 9.17) is 4.74 Å². The molecule has 0 bridgehead atoms. The van der Waals surface area contributed by atoms with E-state index in [0.717, 1.165) is 24.8 Å². The summed E-state index contributed by atoms with van der Waals surface area (Å²) in [6.07, 6.45) is 4.00. The van der Waals surface area contributed by atoms with Crippen molar-refractivity contribution in [3.8, 4) is 0 Å². The van der Waals surface area contributed by atoms with Gasteiger partial charge >= 0.3 is 5.97 Å². The van der Waals surface area contributed by atoms with E-state index in [0.29, 0.717) is 25.2 Å². The number of ether oxygens (including phenoxy) is 1. The van der Waals surface area contributed by atoms with Crippen LogP contribution in [-0.4, -0.2) is 23.3 Å². The van der Waals surface area contributed by atoms with Crippen molar-refractivity contribution < 1.29 is 14.6 Å². The molecule has 0 saturated carbocycles. The van der Waals surface area contributed by atoms with Gasteiger partial charge in [0.05, 0.1) is 6.10 Å². The highest BCUT2D eigenvalue weighted by Crippen LogP contribution is 2.24. The lowest BCUT2D eigenvalue weighted by molar-refractivity contribution is -0.156. The van der Waals surface area contributed by atoms with Gasteiger partial charge in [-0.15, -0.1) is 0 Å². The minimum atomic E-state index is -0.588. The number of aliphatic hydroxyl groups excluding tert-OH is 1. The summed E-state index contributed by atoms with van der Waals surface area (Å²) < 4.78 is 5.52. The van der Waals surface area contributed by atoms with E-state index in [9.17, 15) is 9.90 Å². The number of hydrogen-bond acceptors (Lipinski definition) is 3. The quantitative estimate of drug-likeness (QED) is 0.818. The number of aliphatic hydroxyl groups is 1. The first-order valence-electron chi connectivity index (χ1n) is 8.04. The van der Waals surface area contributed by atoms with Crippen molar-refractivity contribution in [2.24, 2.45) is 5.92 Å². The maximum atomic E-state index is 12.0. The fourth-order valence-corrected chi connectivity index (χ4v) is 2.94. The van der Waals surface area contributed by atoms with Gasteiger partial charge in [0.15, 0.2) is 0 Å². The van der Waals surface area contributed by atoms with Crippen LogP contribution in [0.5, 0.6) is 0 Å². The Balaban J connectivity index is 1.87. The first-order chi connectivity index (χ1) is 10.1. The fourth-order valence-electron chi connectivity index (χ4n) is 2.94. The summed E-state index contributed by atoms with van der Waals surface area (Å²) in [5.41, 5.74) is 2.34. The molecule has 1 aliphatic rings. The van der Waals surface area contributed by atoms with E-state index in [1.807, 2.05) is 24.3 Å². The number of carbonyl (C=O) groups is 1. The number of carbonyl (C=O) groups excluding carboxylic acids is 1. The highest BCUT2D eigenvalue weighted by Gasteiger charge is 2.29. The van der Waals surface area contributed by atoms with Crippen LogP contribution in [0.1, 0.15) is 50.7 Å². The monoisotopic (exact) mass is 290 g/mol. The second-order valence-electron chi connectivity index (χ2n) is 6.22. The highest BCUT2D eigenvalue weighted by molar-refractivity contribution is 5.70. The fraction of sp³-hybridized carbons (Fsp3) is 0.611. The van der Waals surface area contributed by atoms with Crippen molar-refractivity contribution in [2.75, 3.05) is 0 Å². The van der Waals surface area contributed by atoms with Crippen LogP contribution in [-0.2, 0) is 22.4 Å². The van der Waals surface area contributed by atoms with Crippen molar-refractivity contribution >= 4 is 5.97 Å². The molecule has 0 fully saturated rings. The smallest absolute Gasteiger partial charge is 0.306 e. The Morgan fingerprint density at radius 1 is 1.33 bits per heavy atom. The molecule has 0 radical (unpaired) electrons. The third-order valence-corrected chi connectivity index (χ3v) is 4.25. The molecule has 3 nitrogen and oxygen atoms in total. The molecule has 0 unspecified atom stereocenters. The predicted molar refractivity (Wildman–Crippen MR) is 83.0 cm³/mol. The van der Waals surface area contributed by atoms with E-state index in [2.05, 4.69) is 13.8 Å². The van der Waals surface area contributed by atoms with E-state index in [-0.39, 0.29) is 5.97 Å². The molecule has 3 atom stereocenters. The van der Waals surface area contributed by atoms with Crippen LogP contribution in [0.2, 0.25) is 0 Å². The minimum Gasteiger partial charge on any atom is -0.459 e. The molecule has 0 aromatic heterocycles. The molecule has 0 amide bonds. The van der Waals surface area contributed by atoms with Gasteiger partial charge in [0, 0.05) is 19.3 Å². The molecule has 1 aromatic carbocycles. The SMILES string of the molecule is CCCC[C@@H](C)CC(=O)O[C@@H]1Cc2ccccc2C[C@H]1O. The van der Waals surface area contributed by atoms with Crippen LogP contribution >= 0.6 is 0 Å². The van der Waals surface area contributed by atoms with Gasteiger partial charge in [-0.1, -0.05) is 57.4 Å². The van der Waals surface area contributed by atoms with Crippen LogP contribution < -0.4 is 0 Å². The van der Waals surface area contributed by atoms with Crippen LogP contribution in [0.3, 0.4) is 0 Å². The van der Waals surface area contributed by atoms with Crippen molar-refractivity contribution in [1.29, 1.82) is 0 Å². The maximum absolute atomic E-state index is 12.0. The van der Waals surface area contributed by atoms with Crippen molar-refractivity contribution in [2.45, 2.75) is 64.6 Å². The summed E-state index contributed by atoms with van der Waals surface area (Å²) in [5.74, 6) is 0.174. The van der Waals surface area contributed by atoms with Gasteiger partial charge in [0.25, 0.3) is 0 Å². The summed E-state index contributed by atoms with van der Waals surface area (Å²) in [4.78, 5) is 12.0. The van der Waals surface area contributed by atoms with E-state index in [1.165, 1.54) is 5.56 Å². The van der Waals surface area contributed by atoms with Crippen LogP contribution in [0, 0.1) is 5.92 Å². The van der Waals surface area contributed by atoms with Crippen LogP contribution in [0.4, 0.5) is 0 Å². The average Bonchev–Trinajstić information content (AvgIpc) is 2.45. The van der Waals surface area contributed by atoms with Crippen molar-refractivity contribution in [1.82, 2.24) is 0 Å². The lowest BCUT2D eigenvalue weighted by Gasteiger charge is -2.29. The van der Waals surface area contributed by atoms with Gasteiger partial charge < -0.3 is 9.84 Å². The normalized spacial score (nSPS) is 22.4. The molecule has 116 valence electrons. The molecule has 0 aliphatic heterocycles. The molecule has 1 aromatic rings. The molecule has 1 aliphatic carbocycles. The molecule has 21 heavy (non-hydrogen) atoms. The molecule has 0 spiro atoms. The molecule has 0 heterocycles. The first-order valence-corrected chi connectivity index (χ1v) is 8.04. The number of rotatable bonds is 6. The lowest BCUT2D eigenvalue weighted by atomic mass is 9.88. The van der Waals surface area contributed by atoms with Gasteiger partial charge in [0.1, 0.15) is 6.10 Å². The summed E-state index contributed by atoms with van der Waals surface area (Å²) in [5, 5.41) is 10.2. The third-order valence-electron chi connectivity index (χ3n) is 4.25. The van der Waals surface area contributed by atoms with Crippen molar-refractivity contribution in [3.63, 3.8) is 0 Å². The van der Waals surface area contributed by atoms with Crippen LogP contribution in [0.15, 0.2) is 24.3 Å². The number of unbranched alkanes of at least 4 members (excludes halogenated alkanes) is 1. The Morgan fingerprint density at radius 3 is 2.67 bits per heavy atom. The van der Waals surface area contributed by atoms with E-state index in [1.54, 1.807) is 0 Å². The van der Waals surface area contributed by atoms with Gasteiger partial charge in [-0.05, 0) is 17.0 Å². The average molecular weight is 290 g/mol. The summed E-state index contributed by atoms with van der Waals surface area (Å²) in [6.45, 7) is 4.24. The lowest BCUT2D eigenvalue weighted by Crippen LogP contribution is -2.38. The zero-order valence-corrected chi connectivity index (χ0v) is 13.0. The Kier molecular flexibility index (Phi) is 5.80.